The zero-order valence-corrected chi connectivity index (χ0v) is 16.9. The minimum absolute atomic E-state index is 0.0179. The number of anilines is 1. The second-order valence-electron chi connectivity index (χ2n) is 7.70. The molecule has 6 heteroatoms. The van der Waals surface area contributed by atoms with E-state index in [2.05, 4.69) is 24.0 Å². The molecule has 0 N–H and O–H groups in total. The Morgan fingerprint density at radius 2 is 1.61 bits per heavy atom. The van der Waals surface area contributed by atoms with E-state index < -0.39 is 9.84 Å². The second kappa shape index (κ2) is 7.68. The van der Waals surface area contributed by atoms with E-state index in [4.69, 9.17) is 0 Å². The Morgan fingerprint density at radius 3 is 2.29 bits per heavy atom. The van der Waals surface area contributed by atoms with Crippen LogP contribution < -0.4 is 4.90 Å². The summed E-state index contributed by atoms with van der Waals surface area (Å²) in [6.07, 6.45) is 1.74. The summed E-state index contributed by atoms with van der Waals surface area (Å²) in [6, 6.07) is 17.6. The molecule has 2 fully saturated rings. The van der Waals surface area contributed by atoms with Crippen LogP contribution in [0.25, 0.3) is 0 Å². The van der Waals surface area contributed by atoms with Crippen molar-refractivity contribution in [2.75, 3.05) is 29.5 Å². The highest BCUT2D eigenvalue weighted by Gasteiger charge is 2.49. The Kier molecular flexibility index (Phi) is 5.25. The molecule has 0 spiro atoms. The molecule has 2 aromatic carbocycles. The fraction of sp³-hybridized carbons (Fsp3) is 0.409. The molecule has 148 valence electrons. The largest absolute Gasteiger partial charge is 0.306 e. The molecular weight excluding hydrogens is 372 g/mol. The topological polar surface area (TPSA) is 57.7 Å². The molecule has 28 heavy (non-hydrogen) atoms. The first kappa shape index (κ1) is 19.2. The van der Waals surface area contributed by atoms with Crippen molar-refractivity contribution in [3.8, 4) is 0 Å². The predicted molar refractivity (Wildman–Crippen MR) is 111 cm³/mol. The highest BCUT2D eigenvalue weighted by atomic mass is 32.2. The SMILES string of the molecule is CCc1ccc(N2C(=O)CN(CCc3ccccc3)C3CS(=O)(=O)CC32)cc1. The Balaban J connectivity index is 1.58. The Morgan fingerprint density at radius 1 is 0.929 bits per heavy atom. The number of benzene rings is 2. The number of aryl methyl sites for hydroxylation is 1. The fourth-order valence-corrected chi connectivity index (χ4v) is 6.33. The van der Waals surface area contributed by atoms with E-state index in [0.29, 0.717) is 6.54 Å². The van der Waals surface area contributed by atoms with Crippen LogP contribution in [0.4, 0.5) is 5.69 Å². The maximum absolute atomic E-state index is 13.0. The number of carbonyl (C=O) groups excluding carboxylic acids is 1. The molecule has 0 saturated carbocycles. The standard InChI is InChI=1S/C22H26N2O3S/c1-2-17-8-10-19(11-9-17)24-21-16-28(26,27)15-20(21)23(14-22(24)25)13-12-18-6-4-3-5-7-18/h3-11,20-21H,2,12-16H2,1H3. The van der Waals surface area contributed by atoms with Crippen LogP contribution in [-0.2, 0) is 27.5 Å². The van der Waals surface area contributed by atoms with E-state index in [1.165, 1.54) is 11.1 Å². The number of sulfone groups is 1. The van der Waals surface area contributed by atoms with Crippen molar-refractivity contribution in [1.82, 2.24) is 4.90 Å². The van der Waals surface area contributed by atoms with Crippen LogP contribution >= 0.6 is 0 Å². The van der Waals surface area contributed by atoms with Gasteiger partial charge in [-0.3, -0.25) is 9.69 Å². The van der Waals surface area contributed by atoms with E-state index in [0.717, 1.165) is 18.5 Å². The van der Waals surface area contributed by atoms with Gasteiger partial charge in [0.2, 0.25) is 5.91 Å². The summed E-state index contributed by atoms with van der Waals surface area (Å²) < 4.78 is 24.9. The highest BCUT2D eigenvalue weighted by Crippen LogP contribution is 2.32. The summed E-state index contributed by atoms with van der Waals surface area (Å²) >= 11 is 0. The predicted octanol–water partition coefficient (Wildman–Crippen LogP) is 2.31. The van der Waals surface area contributed by atoms with Crippen LogP contribution in [-0.4, -0.2) is 55.9 Å². The van der Waals surface area contributed by atoms with Crippen molar-refractivity contribution >= 4 is 21.4 Å². The summed E-state index contributed by atoms with van der Waals surface area (Å²) in [5.74, 6) is 0.153. The zero-order chi connectivity index (χ0) is 19.7. The second-order valence-corrected chi connectivity index (χ2v) is 9.86. The third-order valence-corrected chi connectivity index (χ3v) is 7.55. The van der Waals surface area contributed by atoms with Crippen molar-refractivity contribution in [3.63, 3.8) is 0 Å². The van der Waals surface area contributed by atoms with Crippen molar-refractivity contribution in [2.24, 2.45) is 0 Å². The van der Waals surface area contributed by atoms with Crippen molar-refractivity contribution in [2.45, 2.75) is 31.8 Å². The average Bonchev–Trinajstić information content (AvgIpc) is 3.02. The number of hydrogen-bond donors (Lipinski definition) is 0. The number of piperazine rings is 1. The summed E-state index contributed by atoms with van der Waals surface area (Å²) in [7, 11) is -3.16. The van der Waals surface area contributed by atoms with Crippen molar-refractivity contribution in [3.05, 3.63) is 65.7 Å². The third-order valence-electron chi connectivity index (χ3n) is 5.85. The van der Waals surface area contributed by atoms with Crippen LogP contribution in [0.2, 0.25) is 0 Å². The van der Waals surface area contributed by atoms with Gasteiger partial charge in [0.1, 0.15) is 0 Å². The van der Waals surface area contributed by atoms with E-state index in [1.807, 2.05) is 42.5 Å². The van der Waals surface area contributed by atoms with Gasteiger partial charge in [-0.2, -0.15) is 0 Å². The molecule has 1 amide bonds. The number of amides is 1. The number of hydrogen-bond acceptors (Lipinski definition) is 4. The van der Waals surface area contributed by atoms with Gasteiger partial charge in [0.05, 0.1) is 24.1 Å². The van der Waals surface area contributed by atoms with Crippen molar-refractivity contribution in [1.29, 1.82) is 0 Å². The molecular formula is C22H26N2O3S. The number of nitrogens with zero attached hydrogens (tertiary/aromatic N) is 2. The molecule has 2 aliphatic rings. The van der Waals surface area contributed by atoms with Crippen LogP contribution in [0, 0.1) is 0 Å². The molecule has 5 nitrogen and oxygen atoms in total. The van der Waals surface area contributed by atoms with E-state index in [-0.39, 0.29) is 36.0 Å². The van der Waals surface area contributed by atoms with Gasteiger partial charge in [0, 0.05) is 18.3 Å². The van der Waals surface area contributed by atoms with E-state index in [9.17, 15) is 13.2 Å². The molecule has 0 aromatic heterocycles. The van der Waals surface area contributed by atoms with Gasteiger partial charge in [-0.1, -0.05) is 49.4 Å². The summed E-state index contributed by atoms with van der Waals surface area (Å²) in [6.45, 7) is 3.04. The summed E-state index contributed by atoms with van der Waals surface area (Å²) in [5, 5.41) is 0. The minimum Gasteiger partial charge on any atom is -0.306 e. The first-order valence-electron chi connectivity index (χ1n) is 9.86. The number of carbonyl (C=O) groups is 1. The van der Waals surface area contributed by atoms with Gasteiger partial charge < -0.3 is 4.90 Å². The minimum atomic E-state index is -3.16. The number of rotatable bonds is 5. The lowest BCUT2D eigenvalue weighted by Crippen LogP contribution is -2.62. The lowest BCUT2D eigenvalue weighted by molar-refractivity contribution is -0.123. The smallest absolute Gasteiger partial charge is 0.241 e. The van der Waals surface area contributed by atoms with E-state index in [1.54, 1.807) is 4.90 Å². The lowest BCUT2D eigenvalue weighted by atomic mass is 10.0. The lowest BCUT2D eigenvalue weighted by Gasteiger charge is -2.43. The molecule has 4 rings (SSSR count). The Bertz CT molecular complexity index is 942. The molecule has 0 aliphatic carbocycles. The molecule has 2 heterocycles. The van der Waals surface area contributed by atoms with Crippen molar-refractivity contribution < 1.29 is 13.2 Å². The maximum Gasteiger partial charge on any atom is 0.241 e. The van der Waals surface area contributed by atoms with Gasteiger partial charge in [-0.05, 0) is 36.1 Å². The number of fused-ring (bicyclic) bond motifs is 1. The first-order valence-corrected chi connectivity index (χ1v) is 11.7. The van der Waals surface area contributed by atoms with E-state index >= 15 is 0 Å². The van der Waals surface area contributed by atoms with Gasteiger partial charge >= 0.3 is 0 Å². The van der Waals surface area contributed by atoms with Gasteiger partial charge in [-0.15, -0.1) is 0 Å². The Labute approximate surface area is 166 Å². The monoisotopic (exact) mass is 398 g/mol. The van der Waals surface area contributed by atoms with Crippen LogP contribution in [0.1, 0.15) is 18.1 Å². The molecule has 2 saturated heterocycles. The molecule has 0 bridgehead atoms. The summed E-state index contributed by atoms with van der Waals surface area (Å²) in [5.41, 5.74) is 3.20. The molecule has 2 aromatic rings. The quantitative estimate of drug-likeness (QED) is 0.776. The van der Waals surface area contributed by atoms with Crippen LogP contribution in [0.15, 0.2) is 54.6 Å². The van der Waals surface area contributed by atoms with Gasteiger partial charge in [0.15, 0.2) is 9.84 Å². The van der Waals surface area contributed by atoms with Gasteiger partial charge in [0.25, 0.3) is 0 Å². The highest BCUT2D eigenvalue weighted by molar-refractivity contribution is 7.91. The fourth-order valence-electron chi connectivity index (χ4n) is 4.35. The van der Waals surface area contributed by atoms with Gasteiger partial charge in [-0.25, -0.2) is 8.42 Å². The Hall–Kier alpha value is -2.18. The van der Waals surface area contributed by atoms with Crippen LogP contribution in [0.3, 0.4) is 0 Å². The maximum atomic E-state index is 13.0. The molecule has 2 atom stereocenters. The molecule has 0 radical (unpaired) electrons. The zero-order valence-electron chi connectivity index (χ0n) is 16.1. The normalized spacial score (nSPS) is 24.3. The average molecular weight is 399 g/mol. The third kappa shape index (κ3) is 3.84. The molecule has 2 unspecified atom stereocenters. The molecule has 2 aliphatic heterocycles. The van der Waals surface area contributed by atoms with Crippen LogP contribution in [0.5, 0.6) is 0 Å². The summed E-state index contributed by atoms with van der Waals surface area (Å²) in [4.78, 5) is 16.8. The first-order chi connectivity index (χ1) is 13.5.